The van der Waals surface area contributed by atoms with E-state index in [1.165, 1.54) is 19.3 Å². The van der Waals surface area contributed by atoms with E-state index in [0.29, 0.717) is 24.8 Å². The van der Waals surface area contributed by atoms with Crippen LogP contribution in [0.3, 0.4) is 0 Å². The summed E-state index contributed by atoms with van der Waals surface area (Å²) in [6, 6.07) is 0.408. The molecule has 3 aliphatic rings. The molecule has 0 aromatic carbocycles. The van der Waals surface area contributed by atoms with Gasteiger partial charge in [-0.25, -0.2) is 8.78 Å². The zero-order valence-corrected chi connectivity index (χ0v) is 8.31. The van der Waals surface area contributed by atoms with Gasteiger partial charge in [-0.2, -0.15) is 0 Å². The third-order valence-corrected chi connectivity index (χ3v) is 4.42. The molecular weight excluding hydrogens is 184 g/mol. The number of fused-ring (bicyclic) bond motifs is 2. The summed E-state index contributed by atoms with van der Waals surface area (Å²) in [6.07, 6.45) is 4.24. The summed E-state index contributed by atoms with van der Waals surface area (Å²) in [6.45, 7) is 0. The van der Waals surface area contributed by atoms with Crippen LogP contribution in [0.4, 0.5) is 8.78 Å². The fourth-order valence-corrected chi connectivity index (χ4v) is 3.35. The summed E-state index contributed by atoms with van der Waals surface area (Å²) in [5, 5.41) is 3.25. The Morgan fingerprint density at radius 2 is 1.93 bits per heavy atom. The van der Waals surface area contributed by atoms with E-state index in [0.717, 1.165) is 12.3 Å². The predicted molar refractivity (Wildman–Crippen MR) is 50.3 cm³/mol. The number of rotatable bonds is 3. The van der Waals surface area contributed by atoms with Gasteiger partial charge in [0.15, 0.2) is 0 Å². The number of nitrogens with one attached hydrogen (secondary N) is 1. The van der Waals surface area contributed by atoms with Gasteiger partial charge in [0.2, 0.25) is 0 Å². The van der Waals surface area contributed by atoms with Crippen LogP contribution in [0.5, 0.6) is 0 Å². The van der Waals surface area contributed by atoms with Crippen LogP contribution in [-0.4, -0.2) is 18.0 Å². The van der Waals surface area contributed by atoms with Gasteiger partial charge in [0.25, 0.3) is 6.43 Å². The van der Waals surface area contributed by atoms with Gasteiger partial charge in [-0.3, -0.25) is 0 Å². The van der Waals surface area contributed by atoms with Crippen LogP contribution in [0.2, 0.25) is 0 Å². The molecule has 3 saturated carbocycles. The van der Waals surface area contributed by atoms with Crippen molar-refractivity contribution < 1.29 is 8.78 Å². The Hall–Kier alpha value is -0.180. The Morgan fingerprint density at radius 1 is 1.14 bits per heavy atom. The van der Waals surface area contributed by atoms with E-state index in [-0.39, 0.29) is 0 Å². The van der Waals surface area contributed by atoms with E-state index in [2.05, 4.69) is 5.32 Å². The fraction of sp³-hybridized carbons (Fsp3) is 1.00. The topological polar surface area (TPSA) is 12.0 Å². The van der Waals surface area contributed by atoms with E-state index in [1.54, 1.807) is 0 Å². The summed E-state index contributed by atoms with van der Waals surface area (Å²) in [5.41, 5.74) is -0.769. The second kappa shape index (κ2) is 2.91. The number of hydrogen-bond donors (Lipinski definition) is 1. The first kappa shape index (κ1) is 9.08. The molecule has 3 fully saturated rings. The lowest BCUT2D eigenvalue weighted by atomic mass is 9.94. The molecule has 0 radical (unpaired) electrons. The molecule has 0 aromatic rings. The van der Waals surface area contributed by atoms with Crippen LogP contribution in [0.1, 0.15) is 38.5 Å². The average molecular weight is 201 g/mol. The number of alkyl halides is 2. The second-order valence-electron chi connectivity index (χ2n) is 5.38. The molecule has 0 heterocycles. The highest BCUT2D eigenvalue weighted by atomic mass is 19.3. The zero-order chi connectivity index (χ0) is 9.76. The predicted octanol–water partition coefficient (Wildman–Crippen LogP) is 2.56. The molecule has 3 aliphatic carbocycles. The molecule has 3 atom stereocenters. The summed E-state index contributed by atoms with van der Waals surface area (Å²) >= 11 is 0. The molecule has 2 bridgehead atoms. The normalized spacial score (nSPS) is 43.5. The van der Waals surface area contributed by atoms with E-state index in [1.807, 2.05) is 0 Å². The van der Waals surface area contributed by atoms with Crippen molar-refractivity contribution in [2.45, 2.75) is 56.5 Å². The van der Waals surface area contributed by atoms with E-state index in [4.69, 9.17) is 0 Å². The van der Waals surface area contributed by atoms with Crippen LogP contribution < -0.4 is 5.32 Å². The molecule has 1 nitrogen and oxygen atoms in total. The minimum Gasteiger partial charge on any atom is -0.303 e. The Kier molecular flexibility index (Phi) is 1.88. The monoisotopic (exact) mass is 201 g/mol. The van der Waals surface area contributed by atoms with Gasteiger partial charge >= 0.3 is 0 Å². The van der Waals surface area contributed by atoms with Crippen molar-refractivity contribution in [3.05, 3.63) is 0 Å². The first-order valence-corrected chi connectivity index (χ1v) is 5.75. The Morgan fingerprint density at radius 3 is 2.36 bits per heavy atom. The maximum Gasteiger partial charge on any atom is 0.256 e. The lowest BCUT2D eigenvalue weighted by Crippen LogP contribution is -2.47. The first-order valence-electron chi connectivity index (χ1n) is 5.75. The van der Waals surface area contributed by atoms with Crippen LogP contribution in [-0.2, 0) is 0 Å². The van der Waals surface area contributed by atoms with Crippen molar-refractivity contribution in [2.75, 3.05) is 0 Å². The Balaban J connectivity index is 1.63. The van der Waals surface area contributed by atoms with Gasteiger partial charge in [0, 0.05) is 6.04 Å². The van der Waals surface area contributed by atoms with Gasteiger partial charge in [0.1, 0.15) is 0 Å². The smallest absolute Gasteiger partial charge is 0.256 e. The summed E-state index contributed by atoms with van der Waals surface area (Å²) in [5.74, 6) is 1.54. The van der Waals surface area contributed by atoms with E-state index in [9.17, 15) is 8.78 Å². The molecule has 3 unspecified atom stereocenters. The Labute approximate surface area is 83.3 Å². The van der Waals surface area contributed by atoms with Gasteiger partial charge in [-0.1, -0.05) is 6.42 Å². The largest absolute Gasteiger partial charge is 0.303 e. The lowest BCUT2D eigenvalue weighted by Gasteiger charge is -2.28. The molecular formula is C11H17F2N. The molecule has 0 aromatic heterocycles. The second-order valence-corrected chi connectivity index (χ2v) is 5.38. The van der Waals surface area contributed by atoms with Crippen molar-refractivity contribution in [3.8, 4) is 0 Å². The molecule has 14 heavy (non-hydrogen) atoms. The first-order chi connectivity index (χ1) is 6.70. The molecule has 0 saturated heterocycles. The molecule has 1 N–H and O–H groups in total. The quantitative estimate of drug-likeness (QED) is 0.740. The van der Waals surface area contributed by atoms with Crippen molar-refractivity contribution >= 4 is 0 Å². The maximum absolute atomic E-state index is 12.7. The SMILES string of the molecule is FC(F)C1(NC2CC3CCC2C3)CC1. The minimum atomic E-state index is -2.17. The summed E-state index contributed by atoms with van der Waals surface area (Å²) in [7, 11) is 0. The highest BCUT2D eigenvalue weighted by molar-refractivity contribution is 5.08. The summed E-state index contributed by atoms with van der Waals surface area (Å²) < 4.78 is 25.4. The molecule has 0 aliphatic heterocycles. The molecule has 80 valence electrons. The highest BCUT2D eigenvalue weighted by Gasteiger charge is 2.54. The van der Waals surface area contributed by atoms with Gasteiger partial charge in [0.05, 0.1) is 5.54 Å². The van der Waals surface area contributed by atoms with Crippen molar-refractivity contribution in [3.63, 3.8) is 0 Å². The molecule has 3 heteroatoms. The van der Waals surface area contributed by atoms with Crippen molar-refractivity contribution in [2.24, 2.45) is 11.8 Å². The minimum absolute atomic E-state index is 0.408. The van der Waals surface area contributed by atoms with Crippen molar-refractivity contribution in [1.29, 1.82) is 0 Å². The van der Waals surface area contributed by atoms with Crippen LogP contribution in [0, 0.1) is 11.8 Å². The van der Waals surface area contributed by atoms with Crippen molar-refractivity contribution in [1.82, 2.24) is 5.32 Å². The zero-order valence-electron chi connectivity index (χ0n) is 8.31. The molecule has 3 rings (SSSR count). The average Bonchev–Trinajstić information content (AvgIpc) is 2.66. The van der Waals surface area contributed by atoms with Gasteiger partial charge < -0.3 is 5.32 Å². The van der Waals surface area contributed by atoms with Crippen LogP contribution in [0.15, 0.2) is 0 Å². The standard InChI is InChI=1S/C11H17F2N/c12-10(13)11(3-4-11)14-9-6-7-1-2-8(9)5-7/h7-10,14H,1-6H2. The van der Waals surface area contributed by atoms with Gasteiger partial charge in [-0.15, -0.1) is 0 Å². The maximum atomic E-state index is 12.7. The highest BCUT2D eigenvalue weighted by Crippen LogP contribution is 2.48. The van der Waals surface area contributed by atoms with Gasteiger partial charge in [-0.05, 0) is 43.9 Å². The third kappa shape index (κ3) is 1.28. The molecule has 0 spiro atoms. The lowest BCUT2D eigenvalue weighted by molar-refractivity contribution is 0.0735. The number of halogens is 2. The number of hydrogen-bond acceptors (Lipinski definition) is 1. The molecule has 0 amide bonds. The third-order valence-electron chi connectivity index (χ3n) is 4.42. The summed E-state index contributed by atoms with van der Waals surface area (Å²) in [4.78, 5) is 0. The fourth-order valence-electron chi connectivity index (χ4n) is 3.35. The Bertz CT molecular complexity index is 237. The van der Waals surface area contributed by atoms with E-state index < -0.39 is 12.0 Å². The van der Waals surface area contributed by atoms with E-state index >= 15 is 0 Å². The van der Waals surface area contributed by atoms with Crippen LogP contribution >= 0.6 is 0 Å². The van der Waals surface area contributed by atoms with Crippen LogP contribution in [0.25, 0.3) is 0 Å².